The zero-order valence-corrected chi connectivity index (χ0v) is 27.9. The van der Waals surface area contributed by atoms with Crippen LogP contribution in [0.15, 0.2) is 66.7 Å². The summed E-state index contributed by atoms with van der Waals surface area (Å²) in [6, 6.07) is 18.8. The summed E-state index contributed by atoms with van der Waals surface area (Å²) in [4.78, 5) is 29.2. The quantitative estimate of drug-likeness (QED) is 0.203. The normalized spacial score (nSPS) is 12.2. The molecule has 0 spiro atoms. The minimum atomic E-state index is -3.67. The van der Waals surface area contributed by atoms with Crippen LogP contribution in [0.1, 0.15) is 43.4 Å². The molecular formula is C32H38Cl3N3O4S. The molecule has 3 aromatic carbocycles. The predicted molar refractivity (Wildman–Crippen MR) is 176 cm³/mol. The third-order valence-electron chi connectivity index (χ3n) is 7.01. The first-order valence-electron chi connectivity index (χ1n) is 14.1. The van der Waals surface area contributed by atoms with E-state index in [9.17, 15) is 18.0 Å². The molecule has 0 aliphatic carbocycles. The van der Waals surface area contributed by atoms with Crippen LogP contribution in [0.5, 0.6) is 0 Å². The molecule has 11 heteroatoms. The Balaban J connectivity index is 1.94. The molecule has 3 aromatic rings. The number of sulfonamides is 1. The van der Waals surface area contributed by atoms with Crippen molar-refractivity contribution in [3.63, 3.8) is 0 Å². The third kappa shape index (κ3) is 9.86. The van der Waals surface area contributed by atoms with E-state index in [4.69, 9.17) is 34.8 Å². The van der Waals surface area contributed by atoms with Crippen molar-refractivity contribution in [1.29, 1.82) is 0 Å². The van der Waals surface area contributed by atoms with Gasteiger partial charge in [0.05, 0.1) is 11.9 Å². The number of carbonyl (C=O) groups is 2. The van der Waals surface area contributed by atoms with Crippen LogP contribution in [0.2, 0.25) is 15.1 Å². The van der Waals surface area contributed by atoms with Gasteiger partial charge < -0.3 is 10.2 Å². The van der Waals surface area contributed by atoms with Crippen molar-refractivity contribution < 1.29 is 18.0 Å². The van der Waals surface area contributed by atoms with Crippen molar-refractivity contribution in [2.75, 3.05) is 23.7 Å². The van der Waals surface area contributed by atoms with Gasteiger partial charge in [-0.2, -0.15) is 0 Å². The maximum Gasteiger partial charge on any atom is 0.243 e. The van der Waals surface area contributed by atoms with Gasteiger partial charge in [-0.15, -0.1) is 0 Å². The van der Waals surface area contributed by atoms with Gasteiger partial charge in [0.25, 0.3) is 0 Å². The Labute approximate surface area is 270 Å². The lowest BCUT2D eigenvalue weighted by Crippen LogP contribution is -2.51. The summed E-state index contributed by atoms with van der Waals surface area (Å²) in [5.74, 6) is -0.408. The van der Waals surface area contributed by atoms with Crippen LogP contribution >= 0.6 is 34.8 Å². The van der Waals surface area contributed by atoms with E-state index in [0.717, 1.165) is 11.8 Å². The second-order valence-electron chi connectivity index (χ2n) is 10.9. The highest BCUT2D eigenvalue weighted by Gasteiger charge is 2.31. The molecule has 0 saturated carbocycles. The van der Waals surface area contributed by atoms with Gasteiger partial charge in [0.1, 0.15) is 6.04 Å². The van der Waals surface area contributed by atoms with Crippen molar-refractivity contribution in [2.24, 2.45) is 5.92 Å². The van der Waals surface area contributed by atoms with Crippen LogP contribution < -0.4 is 9.62 Å². The summed E-state index contributed by atoms with van der Waals surface area (Å²) >= 11 is 19.3. The first kappa shape index (κ1) is 34.7. The number of nitrogens with zero attached hydrogens (tertiary/aromatic N) is 2. The van der Waals surface area contributed by atoms with E-state index < -0.39 is 16.1 Å². The molecule has 0 fully saturated rings. The number of hydrogen-bond donors (Lipinski definition) is 1. The van der Waals surface area contributed by atoms with E-state index in [0.29, 0.717) is 38.4 Å². The number of nitrogens with one attached hydrogen (secondary N) is 1. The Bertz CT molecular complexity index is 1500. The van der Waals surface area contributed by atoms with Crippen molar-refractivity contribution in [3.8, 4) is 0 Å². The van der Waals surface area contributed by atoms with Gasteiger partial charge in [0, 0.05) is 53.1 Å². The van der Waals surface area contributed by atoms with Crippen LogP contribution in [-0.4, -0.2) is 50.5 Å². The summed E-state index contributed by atoms with van der Waals surface area (Å²) in [5.41, 5.74) is 2.49. The number of benzene rings is 3. The fourth-order valence-electron chi connectivity index (χ4n) is 4.68. The highest BCUT2D eigenvalue weighted by Crippen LogP contribution is 2.30. The minimum absolute atomic E-state index is 0.00707. The highest BCUT2D eigenvalue weighted by atomic mass is 35.5. The van der Waals surface area contributed by atoms with Crippen LogP contribution in [0, 0.1) is 12.8 Å². The van der Waals surface area contributed by atoms with Crippen LogP contribution in [0.4, 0.5) is 5.69 Å². The number of carbonyl (C=O) groups excluding carboxylic acids is 2. The molecule has 0 aromatic heterocycles. The minimum Gasteiger partial charge on any atom is -0.354 e. The number of hydrogen-bond acceptors (Lipinski definition) is 4. The Morgan fingerprint density at radius 1 is 0.884 bits per heavy atom. The van der Waals surface area contributed by atoms with Crippen molar-refractivity contribution in [1.82, 2.24) is 10.2 Å². The second-order valence-corrected chi connectivity index (χ2v) is 14.0. The van der Waals surface area contributed by atoms with Crippen molar-refractivity contribution in [3.05, 3.63) is 98.5 Å². The van der Waals surface area contributed by atoms with Gasteiger partial charge in [0.15, 0.2) is 0 Å². The molecule has 1 atom stereocenters. The molecule has 1 N–H and O–H groups in total. The first-order valence-corrected chi connectivity index (χ1v) is 17.0. The fraction of sp³-hybridized carbons (Fsp3) is 0.375. The van der Waals surface area contributed by atoms with Crippen LogP contribution in [0.25, 0.3) is 0 Å². The van der Waals surface area contributed by atoms with Crippen molar-refractivity contribution in [2.45, 2.75) is 52.6 Å². The van der Waals surface area contributed by atoms with Crippen LogP contribution in [0.3, 0.4) is 0 Å². The largest absolute Gasteiger partial charge is 0.354 e. The molecule has 0 heterocycles. The fourth-order valence-corrected chi connectivity index (χ4v) is 6.38. The predicted octanol–water partition coefficient (Wildman–Crippen LogP) is 6.91. The maximum absolute atomic E-state index is 14.0. The Morgan fingerprint density at radius 3 is 2.09 bits per heavy atom. The molecule has 2 amide bonds. The molecule has 43 heavy (non-hydrogen) atoms. The average molecular weight is 667 g/mol. The van der Waals surface area contributed by atoms with E-state index in [1.165, 1.54) is 9.21 Å². The molecule has 0 bridgehead atoms. The lowest BCUT2D eigenvalue weighted by atomic mass is 10.0. The van der Waals surface area contributed by atoms with Crippen LogP contribution in [-0.2, 0) is 32.6 Å². The zero-order chi connectivity index (χ0) is 31.7. The lowest BCUT2D eigenvalue weighted by Gasteiger charge is -2.32. The number of amides is 2. The summed E-state index contributed by atoms with van der Waals surface area (Å²) in [7, 11) is -3.67. The van der Waals surface area contributed by atoms with Crippen molar-refractivity contribution >= 4 is 62.3 Å². The molecule has 0 radical (unpaired) electrons. The number of halogens is 3. The molecule has 0 aliphatic heterocycles. The van der Waals surface area contributed by atoms with Gasteiger partial charge in [0.2, 0.25) is 21.8 Å². The maximum atomic E-state index is 14.0. The van der Waals surface area contributed by atoms with Gasteiger partial charge >= 0.3 is 0 Å². The summed E-state index contributed by atoms with van der Waals surface area (Å²) < 4.78 is 26.8. The summed E-state index contributed by atoms with van der Waals surface area (Å²) in [6.45, 7) is 6.24. The second kappa shape index (κ2) is 15.8. The molecular weight excluding hydrogens is 629 g/mol. The average Bonchev–Trinajstić information content (AvgIpc) is 2.94. The third-order valence-corrected chi connectivity index (χ3v) is 9.30. The molecule has 232 valence electrons. The molecule has 3 rings (SSSR count). The van der Waals surface area contributed by atoms with E-state index in [-0.39, 0.29) is 50.1 Å². The monoisotopic (exact) mass is 665 g/mol. The van der Waals surface area contributed by atoms with Gasteiger partial charge in [-0.3, -0.25) is 13.9 Å². The first-order chi connectivity index (χ1) is 20.3. The summed E-state index contributed by atoms with van der Waals surface area (Å²) in [5, 5.41) is 4.19. The van der Waals surface area contributed by atoms with E-state index in [2.05, 4.69) is 5.32 Å². The number of rotatable bonds is 14. The molecule has 0 aliphatic rings. The zero-order valence-electron chi connectivity index (χ0n) is 24.8. The lowest BCUT2D eigenvalue weighted by molar-refractivity contribution is -0.141. The molecule has 0 saturated heterocycles. The SMILES string of the molecule is Cc1c(Cl)cccc1N(CCCC(=O)N(Cc1c(Cl)cccc1Cl)[C@@H](Cc1ccccc1)C(=O)NCC(C)C)S(C)(=O)=O. The molecule has 0 unspecified atom stereocenters. The topological polar surface area (TPSA) is 86.8 Å². The van der Waals surface area contributed by atoms with Gasteiger partial charge in [-0.1, -0.05) is 91.1 Å². The van der Waals surface area contributed by atoms with Gasteiger partial charge in [-0.05, 0) is 54.7 Å². The smallest absolute Gasteiger partial charge is 0.243 e. The molecule has 7 nitrogen and oxygen atoms in total. The van der Waals surface area contributed by atoms with E-state index in [1.54, 1.807) is 43.3 Å². The summed E-state index contributed by atoms with van der Waals surface area (Å²) in [6.07, 6.45) is 1.58. The standard InChI is InChI=1S/C32H38Cl3N3O4S/c1-22(2)20-36-32(40)30(19-24-11-6-5-7-12-24)37(21-25-27(34)14-8-15-28(25)35)31(39)17-10-18-38(43(4,41)42)29-16-9-13-26(33)23(29)3/h5-9,11-16,22,30H,10,17-21H2,1-4H3,(H,36,40)/t30-/m0/s1. The Hall–Kier alpha value is -2.78. The van der Waals surface area contributed by atoms with E-state index >= 15 is 0 Å². The van der Waals surface area contributed by atoms with Gasteiger partial charge in [-0.25, -0.2) is 8.42 Å². The number of anilines is 1. The Morgan fingerprint density at radius 2 is 1.49 bits per heavy atom. The van der Waals surface area contributed by atoms with E-state index in [1.807, 2.05) is 44.2 Å². The Kier molecular flexibility index (Phi) is 12.8. The highest BCUT2D eigenvalue weighted by molar-refractivity contribution is 7.92.